The maximum absolute atomic E-state index is 11.7. The van der Waals surface area contributed by atoms with Crippen LogP contribution in [0.25, 0.3) is 24.3 Å². The molecule has 16 heavy (non-hydrogen) atoms. The second-order valence-electron chi connectivity index (χ2n) is 3.56. The second-order valence-corrected chi connectivity index (χ2v) is 3.56. The summed E-state index contributed by atoms with van der Waals surface area (Å²) in [5.41, 5.74) is 2.29. The molecule has 0 atom stereocenters. The fourth-order valence-electron chi connectivity index (χ4n) is 1.84. The van der Waals surface area contributed by atoms with Crippen molar-refractivity contribution < 1.29 is 9.53 Å². The maximum atomic E-state index is 11.7. The molecule has 2 nitrogen and oxygen atoms in total. The number of carbonyl (C=O) groups is 1. The molecule has 0 bridgehead atoms. The molecule has 0 spiro atoms. The molecule has 2 aliphatic rings. The SMILES string of the molecule is C=c1c2cccccc-2c(C(=O)OC)c1=C. The zero-order valence-corrected chi connectivity index (χ0v) is 9.12. The molecule has 0 N–H and O–H groups in total. The smallest absolute Gasteiger partial charge is 0.339 e. The Bertz CT molecular complexity index is 613. The van der Waals surface area contributed by atoms with E-state index in [0.717, 1.165) is 16.3 Å². The lowest BCUT2D eigenvalue weighted by molar-refractivity contribution is 0.0601. The van der Waals surface area contributed by atoms with E-state index >= 15 is 0 Å². The second kappa shape index (κ2) is 3.81. The van der Waals surface area contributed by atoms with Gasteiger partial charge < -0.3 is 4.74 Å². The zero-order chi connectivity index (χ0) is 11.7. The number of carbonyl (C=O) groups excluding carboxylic acids is 1. The van der Waals surface area contributed by atoms with E-state index in [9.17, 15) is 4.79 Å². The Kier molecular flexibility index (Phi) is 2.49. The van der Waals surface area contributed by atoms with Crippen LogP contribution in [-0.2, 0) is 4.74 Å². The summed E-state index contributed by atoms with van der Waals surface area (Å²) in [7, 11) is 1.37. The maximum Gasteiger partial charge on any atom is 0.339 e. The number of hydrogen-bond acceptors (Lipinski definition) is 2. The molecule has 2 aliphatic carbocycles. The molecular weight excluding hydrogens is 200 g/mol. The lowest BCUT2D eigenvalue weighted by Gasteiger charge is -1.98. The van der Waals surface area contributed by atoms with Gasteiger partial charge in [-0.3, -0.25) is 0 Å². The van der Waals surface area contributed by atoms with E-state index in [2.05, 4.69) is 13.2 Å². The molecule has 0 radical (unpaired) electrons. The van der Waals surface area contributed by atoms with Gasteiger partial charge in [0.1, 0.15) is 0 Å². The average molecular weight is 212 g/mol. The Hall–Kier alpha value is -2.09. The van der Waals surface area contributed by atoms with Gasteiger partial charge in [0.05, 0.1) is 12.7 Å². The Morgan fingerprint density at radius 1 is 1.06 bits per heavy atom. The highest BCUT2D eigenvalue weighted by molar-refractivity contribution is 5.99. The summed E-state index contributed by atoms with van der Waals surface area (Å²) in [4.78, 5) is 11.7. The molecule has 0 unspecified atom stereocenters. The van der Waals surface area contributed by atoms with Crippen LogP contribution < -0.4 is 10.4 Å². The van der Waals surface area contributed by atoms with Gasteiger partial charge in [-0.05, 0) is 21.6 Å². The van der Waals surface area contributed by atoms with Gasteiger partial charge in [0.25, 0.3) is 0 Å². The van der Waals surface area contributed by atoms with Gasteiger partial charge in [-0.1, -0.05) is 43.5 Å². The predicted molar refractivity (Wildman–Crippen MR) is 64.7 cm³/mol. The largest absolute Gasteiger partial charge is 0.465 e. The highest BCUT2D eigenvalue weighted by Gasteiger charge is 2.18. The summed E-state index contributed by atoms with van der Waals surface area (Å²) in [5.74, 6) is -0.365. The van der Waals surface area contributed by atoms with Gasteiger partial charge in [-0.25, -0.2) is 4.79 Å². The fraction of sp³-hybridized carbons (Fsp3) is 0.0714. The average Bonchev–Trinajstić information content (AvgIpc) is 2.50. The van der Waals surface area contributed by atoms with E-state index in [1.165, 1.54) is 7.11 Å². The van der Waals surface area contributed by atoms with Crippen molar-refractivity contribution in [1.29, 1.82) is 0 Å². The van der Waals surface area contributed by atoms with E-state index in [1.54, 1.807) is 0 Å². The van der Waals surface area contributed by atoms with E-state index in [4.69, 9.17) is 4.74 Å². The van der Waals surface area contributed by atoms with Crippen molar-refractivity contribution in [2.45, 2.75) is 0 Å². The van der Waals surface area contributed by atoms with Crippen molar-refractivity contribution >= 4 is 19.1 Å². The third kappa shape index (κ3) is 1.39. The molecule has 2 rings (SSSR count). The van der Waals surface area contributed by atoms with Gasteiger partial charge in [-0.15, -0.1) is 0 Å². The first-order valence-electron chi connectivity index (χ1n) is 4.93. The van der Waals surface area contributed by atoms with Crippen LogP contribution in [0.15, 0.2) is 30.3 Å². The van der Waals surface area contributed by atoms with Gasteiger partial charge in [-0.2, -0.15) is 0 Å². The Balaban J connectivity index is 2.90. The minimum Gasteiger partial charge on any atom is -0.465 e. The summed E-state index contributed by atoms with van der Waals surface area (Å²) in [6.45, 7) is 7.83. The lowest BCUT2D eigenvalue weighted by Crippen LogP contribution is -2.22. The van der Waals surface area contributed by atoms with E-state index < -0.39 is 0 Å². The summed E-state index contributed by atoms with van der Waals surface area (Å²) >= 11 is 0. The highest BCUT2D eigenvalue weighted by atomic mass is 16.5. The van der Waals surface area contributed by atoms with Crippen molar-refractivity contribution in [2.75, 3.05) is 7.11 Å². The Morgan fingerprint density at radius 3 is 2.31 bits per heavy atom. The first kappa shape index (κ1) is 10.4. The first-order valence-corrected chi connectivity index (χ1v) is 4.93. The highest BCUT2D eigenvalue weighted by Crippen LogP contribution is 2.19. The van der Waals surface area contributed by atoms with E-state index in [0.29, 0.717) is 10.8 Å². The lowest BCUT2D eigenvalue weighted by atomic mass is 10.1. The van der Waals surface area contributed by atoms with Gasteiger partial charge in [0.15, 0.2) is 0 Å². The summed E-state index contributed by atoms with van der Waals surface area (Å²) in [5, 5.41) is 1.43. The molecule has 2 heteroatoms. The number of esters is 1. The van der Waals surface area contributed by atoms with Crippen LogP contribution >= 0.6 is 0 Å². The molecule has 0 heterocycles. The molecule has 0 fully saturated rings. The summed E-state index contributed by atoms with van der Waals surface area (Å²) in [6.07, 6.45) is 0. The molecular formula is C14H12O2. The van der Waals surface area contributed by atoms with Gasteiger partial charge in [0, 0.05) is 0 Å². The van der Waals surface area contributed by atoms with Crippen LogP contribution in [0.5, 0.6) is 0 Å². The normalized spacial score (nSPS) is 10.3. The minimum absolute atomic E-state index is 0.365. The first-order chi connectivity index (χ1) is 7.66. The number of hydrogen-bond donors (Lipinski definition) is 0. The molecule has 0 amide bonds. The van der Waals surface area contributed by atoms with Crippen molar-refractivity contribution in [2.24, 2.45) is 0 Å². The molecule has 0 aromatic rings. The van der Waals surface area contributed by atoms with Crippen molar-refractivity contribution in [3.8, 4) is 11.1 Å². The number of ether oxygens (including phenoxy) is 1. The standard InChI is InChI=1S/C14H12O2/c1-9-10(2)13(14(15)16-3)12-8-6-4-5-7-11(9)12/h4-8H,1-2H2,3H3. The minimum atomic E-state index is -0.365. The number of methoxy groups -OCH3 is 1. The monoisotopic (exact) mass is 212 g/mol. The van der Waals surface area contributed by atoms with Gasteiger partial charge >= 0.3 is 5.97 Å². The van der Waals surface area contributed by atoms with Crippen molar-refractivity contribution in [3.63, 3.8) is 0 Å². The van der Waals surface area contributed by atoms with Crippen LogP contribution in [0.3, 0.4) is 0 Å². The quantitative estimate of drug-likeness (QED) is 0.668. The van der Waals surface area contributed by atoms with Crippen LogP contribution in [0.1, 0.15) is 10.4 Å². The topological polar surface area (TPSA) is 26.3 Å². The van der Waals surface area contributed by atoms with E-state index in [-0.39, 0.29) is 5.97 Å². The fourth-order valence-corrected chi connectivity index (χ4v) is 1.84. The predicted octanol–water partition coefficient (Wildman–Crippen LogP) is 1.40. The summed E-state index contributed by atoms with van der Waals surface area (Å²) < 4.78 is 4.76. The molecule has 0 aromatic heterocycles. The number of fused-ring (bicyclic) bond motifs is 1. The third-order valence-corrected chi connectivity index (χ3v) is 2.69. The number of rotatable bonds is 1. The molecule has 0 aliphatic heterocycles. The van der Waals surface area contributed by atoms with Crippen LogP contribution in [0.2, 0.25) is 0 Å². The zero-order valence-electron chi connectivity index (χ0n) is 9.12. The summed E-state index contributed by atoms with van der Waals surface area (Å²) in [6, 6.07) is 9.51. The molecule has 0 saturated carbocycles. The van der Waals surface area contributed by atoms with E-state index in [1.807, 2.05) is 30.3 Å². The molecule has 80 valence electrons. The Morgan fingerprint density at radius 2 is 1.69 bits per heavy atom. The molecule has 0 aromatic carbocycles. The van der Waals surface area contributed by atoms with Crippen molar-refractivity contribution in [1.82, 2.24) is 0 Å². The van der Waals surface area contributed by atoms with Crippen LogP contribution in [0.4, 0.5) is 0 Å². The van der Waals surface area contributed by atoms with Crippen LogP contribution in [-0.4, -0.2) is 13.1 Å². The molecule has 0 saturated heterocycles. The van der Waals surface area contributed by atoms with Crippen LogP contribution in [0, 0.1) is 0 Å². The third-order valence-electron chi connectivity index (χ3n) is 2.69. The van der Waals surface area contributed by atoms with Gasteiger partial charge in [0.2, 0.25) is 0 Å². The van der Waals surface area contributed by atoms with Crippen molar-refractivity contribution in [3.05, 3.63) is 46.3 Å². The Labute approximate surface area is 93.8 Å².